The van der Waals surface area contributed by atoms with Crippen molar-refractivity contribution in [3.05, 3.63) is 23.8 Å². The number of methoxy groups -OCH3 is 2. The second-order valence-electron chi connectivity index (χ2n) is 10.0. The Morgan fingerprint density at radius 1 is 1.12 bits per heavy atom. The van der Waals surface area contributed by atoms with Crippen molar-refractivity contribution in [3.63, 3.8) is 0 Å². The van der Waals surface area contributed by atoms with E-state index >= 15 is 0 Å². The number of nitrogens with one attached hydrogen (secondary N) is 1. The lowest BCUT2D eigenvalue weighted by atomic mass is 9.46. The van der Waals surface area contributed by atoms with Crippen LogP contribution in [0.4, 0.5) is 0 Å². The van der Waals surface area contributed by atoms with Gasteiger partial charge in [0.15, 0.2) is 11.5 Å². The molecular weight excluding hydrogens is 410 g/mol. The van der Waals surface area contributed by atoms with Gasteiger partial charge < -0.3 is 30.1 Å². The van der Waals surface area contributed by atoms with Gasteiger partial charge >= 0.3 is 0 Å². The molecule has 3 rings (SSSR count). The summed E-state index contributed by atoms with van der Waals surface area (Å²) in [6, 6.07) is 5.71. The molecule has 2 aliphatic rings. The van der Waals surface area contributed by atoms with Gasteiger partial charge in [0.2, 0.25) is 5.91 Å². The Labute approximate surface area is 191 Å². The standard InChI is InChI=1S/C25H39NO6/c1-24-11-9-22(29)25(2,15-27)21(24)8-6-18(28)17(24)14-23(30)26-12-10-16-5-7-19(31-3)20(13-16)32-4/h5,7,13,17-18,21-22,27-29H,6,8-12,14-15H2,1-4H3,(H,26,30)/t17-,18-,21+,22-,24+,25+/m1/s1. The van der Waals surface area contributed by atoms with Crippen LogP contribution in [-0.2, 0) is 11.2 Å². The molecule has 1 aromatic carbocycles. The summed E-state index contributed by atoms with van der Waals surface area (Å²) in [5.74, 6) is 1.12. The summed E-state index contributed by atoms with van der Waals surface area (Å²) in [5.41, 5.74) is 0.136. The van der Waals surface area contributed by atoms with Gasteiger partial charge in [-0.15, -0.1) is 0 Å². The number of aliphatic hydroxyl groups excluding tert-OH is 3. The minimum atomic E-state index is -0.602. The average Bonchev–Trinajstić information content (AvgIpc) is 2.79. The number of aliphatic hydroxyl groups is 3. The van der Waals surface area contributed by atoms with Crippen LogP contribution in [0.2, 0.25) is 0 Å². The third-order valence-electron chi connectivity index (χ3n) is 8.30. The molecule has 2 saturated carbocycles. The van der Waals surface area contributed by atoms with Gasteiger partial charge in [-0.2, -0.15) is 0 Å². The third-order valence-corrected chi connectivity index (χ3v) is 8.30. The predicted octanol–water partition coefficient (Wildman–Crippen LogP) is 2.30. The number of hydrogen-bond acceptors (Lipinski definition) is 6. The van der Waals surface area contributed by atoms with E-state index in [4.69, 9.17) is 9.47 Å². The molecule has 0 radical (unpaired) electrons. The zero-order valence-electron chi connectivity index (χ0n) is 19.8. The molecule has 2 aliphatic carbocycles. The topological polar surface area (TPSA) is 108 Å². The summed E-state index contributed by atoms with van der Waals surface area (Å²) in [6.07, 6.45) is 2.47. The van der Waals surface area contributed by atoms with Crippen LogP contribution in [0.5, 0.6) is 11.5 Å². The smallest absolute Gasteiger partial charge is 0.220 e. The molecule has 7 nitrogen and oxygen atoms in total. The molecule has 4 N–H and O–H groups in total. The number of ether oxygens (including phenoxy) is 2. The van der Waals surface area contributed by atoms with Crippen molar-refractivity contribution >= 4 is 5.91 Å². The van der Waals surface area contributed by atoms with Gasteiger partial charge in [0.1, 0.15) is 0 Å². The van der Waals surface area contributed by atoms with Crippen LogP contribution in [0.15, 0.2) is 18.2 Å². The van der Waals surface area contributed by atoms with Gasteiger partial charge in [-0.1, -0.05) is 19.9 Å². The predicted molar refractivity (Wildman–Crippen MR) is 122 cm³/mol. The highest BCUT2D eigenvalue weighted by Crippen LogP contribution is 2.60. The summed E-state index contributed by atoms with van der Waals surface area (Å²) >= 11 is 0. The second kappa shape index (κ2) is 9.98. The lowest BCUT2D eigenvalue weighted by Crippen LogP contribution is -2.60. The van der Waals surface area contributed by atoms with E-state index in [0.717, 1.165) is 18.4 Å². The van der Waals surface area contributed by atoms with E-state index in [-0.39, 0.29) is 36.2 Å². The SMILES string of the molecule is COc1ccc(CCNC(=O)C[C@@H]2[C@H](O)CC[C@@H]3[C@](C)(CO)[C@H](O)CC[C@]32C)cc1OC. The van der Waals surface area contributed by atoms with Gasteiger partial charge in [-0.3, -0.25) is 4.79 Å². The van der Waals surface area contributed by atoms with Crippen molar-refractivity contribution in [2.75, 3.05) is 27.4 Å². The third kappa shape index (κ3) is 4.61. The molecule has 32 heavy (non-hydrogen) atoms. The minimum Gasteiger partial charge on any atom is -0.493 e. The number of rotatable bonds is 8. The molecule has 0 unspecified atom stereocenters. The normalized spacial score (nSPS) is 34.5. The van der Waals surface area contributed by atoms with Crippen LogP contribution in [0.25, 0.3) is 0 Å². The average molecular weight is 450 g/mol. The van der Waals surface area contributed by atoms with Gasteiger partial charge in [-0.25, -0.2) is 0 Å². The summed E-state index contributed by atoms with van der Waals surface area (Å²) in [4.78, 5) is 12.8. The minimum absolute atomic E-state index is 0.0664. The molecule has 0 bridgehead atoms. The van der Waals surface area contributed by atoms with E-state index in [9.17, 15) is 20.1 Å². The van der Waals surface area contributed by atoms with Crippen molar-refractivity contribution in [2.45, 2.75) is 64.6 Å². The fourth-order valence-electron chi connectivity index (χ4n) is 6.26. The Bertz CT molecular complexity index is 801. The monoisotopic (exact) mass is 449 g/mol. The number of hydrogen-bond donors (Lipinski definition) is 4. The molecule has 7 heteroatoms. The fourth-order valence-corrected chi connectivity index (χ4v) is 6.26. The van der Waals surface area contributed by atoms with Crippen LogP contribution in [-0.4, -0.2) is 60.8 Å². The summed E-state index contributed by atoms with van der Waals surface area (Å²) in [5, 5.41) is 34.5. The van der Waals surface area contributed by atoms with E-state index in [1.807, 2.05) is 25.1 Å². The molecule has 2 fully saturated rings. The molecule has 0 spiro atoms. The number of carbonyl (C=O) groups excluding carboxylic acids is 1. The van der Waals surface area contributed by atoms with E-state index in [2.05, 4.69) is 12.2 Å². The number of benzene rings is 1. The Hall–Kier alpha value is -1.83. The molecular formula is C25H39NO6. The van der Waals surface area contributed by atoms with Gasteiger partial charge in [-0.05, 0) is 67.1 Å². The lowest BCUT2D eigenvalue weighted by Gasteiger charge is -2.60. The summed E-state index contributed by atoms with van der Waals surface area (Å²) in [7, 11) is 3.19. The first-order chi connectivity index (χ1) is 15.2. The van der Waals surface area contributed by atoms with E-state index in [0.29, 0.717) is 37.3 Å². The fraction of sp³-hybridized carbons (Fsp3) is 0.720. The van der Waals surface area contributed by atoms with Crippen LogP contribution in [0.3, 0.4) is 0 Å². The molecule has 0 heterocycles. The van der Waals surface area contributed by atoms with E-state index < -0.39 is 17.6 Å². The highest BCUT2D eigenvalue weighted by Gasteiger charge is 2.58. The number of amides is 1. The number of carbonyl (C=O) groups is 1. The first-order valence-electron chi connectivity index (χ1n) is 11.6. The van der Waals surface area contributed by atoms with E-state index in [1.54, 1.807) is 14.2 Å². The first-order valence-corrected chi connectivity index (χ1v) is 11.6. The second-order valence-corrected chi connectivity index (χ2v) is 10.0. The molecule has 0 aromatic heterocycles. The molecule has 1 aromatic rings. The van der Waals surface area contributed by atoms with Crippen LogP contribution in [0.1, 0.15) is 51.5 Å². The molecule has 6 atom stereocenters. The summed E-state index contributed by atoms with van der Waals surface area (Å²) < 4.78 is 10.6. The largest absolute Gasteiger partial charge is 0.493 e. The van der Waals surface area contributed by atoms with Gasteiger partial charge in [0.05, 0.1) is 33.0 Å². The number of fused-ring (bicyclic) bond motifs is 1. The van der Waals surface area contributed by atoms with Gasteiger partial charge in [0.25, 0.3) is 0 Å². The van der Waals surface area contributed by atoms with E-state index in [1.165, 1.54) is 0 Å². The van der Waals surface area contributed by atoms with Crippen LogP contribution < -0.4 is 14.8 Å². The lowest BCUT2D eigenvalue weighted by molar-refractivity contribution is -0.185. The van der Waals surface area contributed by atoms with Crippen LogP contribution in [0, 0.1) is 22.7 Å². The highest BCUT2D eigenvalue weighted by molar-refractivity contribution is 5.76. The molecule has 0 saturated heterocycles. The Kier molecular flexibility index (Phi) is 7.73. The van der Waals surface area contributed by atoms with Crippen molar-refractivity contribution < 1.29 is 29.6 Å². The Balaban J connectivity index is 1.62. The maximum atomic E-state index is 12.8. The quantitative estimate of drug-likeness (QED) is 0.485. The molecule has 0 aliphatic heterocycles. The molecule has 1 amide bonds. The maximum Gasteiger partial charge on any atom is 0.220 e. The Morgan fingerprint density at radius 3 is 2.50 bits per heavy atom. The van der Waals surface area contributed by atoms with Crippen molar-refractivity contribution in [2.24, 2.45) is 22.7 Å². The van der Waals surface area contributed by atoms with Crippen molar-refractivity contribution in [1.82, 2.24) is 5.32 Å². The zero-order valence-corrected chi connectivity index (χ0v) is 19.8. The molecule has 180 valence electrons. The van der Waals surface area contributed by atoms with Crippen molar-refractivity contribution in [1.29, 1.82) is 0 Å². The highest BCUT2D eigenvalue weighted by atomic mass is 16.5. The van der Waals surface area contributed by atoms with Gasteiger partial charge in [0, 0.05) is 18.4 Å². The van der Waals surface area contributed by atoms with Crippen LogP contribution >= 0.6 is 0 Å². The Morgan fingerprint density at radius 2 is 1.84 bits per heavy atom. The van der Waals surface area contributed by atoms with Crippen molar-refractivity contribution in [3.8, 4) is 11.5 Å². The zero-order chi connectivity index (χ0) is 23.5. The maximum absolute atomic E-state index is 12.8. The summed E-state index contributed by atoms with van der Waals surface area (Å²) in [6.45, 7) is 4.47. The first kappa shape index (κ1) is 24.8.